The lowest BCUT2D eigenvalue weighted by molar-refractivity contribution is 0.232. The Morgan fingerprint density at radius 1 is 1.29 bits per heavy atom. The summed E-state index contributed by atoms with van der Waals surface area (Å²) in [5.41, 5.74) is 12.4. The molecule has 130 valence electrons. The molecule has 0 radical (unpaired) electrons. The second-order valence-corrected chi connectivity index (χ2v) is 5.99. The van der Waals surface area contributed by atoms with Crippen LogP contribution in [0.1, 0.15) is 20.3 Å². The van der Waals surface area contributed by atoms with Gasteiger partial charge in [0.25, 0.3) is 0 Å². The van der Waals surface area contributed by atoms with E-state index in [9.17, 15) is 4.39 Å². The number of hydrogen-bond donors (Lipinski definition) is 2. The van der Waals surface area contributed by atoms with Gasteiger partial charge in [-0.25, -0.2) is 4.39 Å². The Balaban J connectivity index is 1.80. The molecular formula is C16H24FN7. The summed E-state index contributed by atoms with van der Waals surface area (Å²) in [5.74, 6) is -0.0813. The fraction of sp³-hybridized carbons (Fsp3) is 0.500. The second-order valence-electron chi connectivity index (χ2n) is 5.99. The topological polar surface area (TPSA) is 89.2 Å². The van der Waals surface area contributed by atoms with Crippen LogP contribution >= 0.6 is 0 Å². The van der Waals surface area contributed by atoms with Crippen molar-refractivity contribution in [2.45, 2.75) is 26.3 Å². The van der Waals surface area contributed by atoms with E-state index < -0.39 is 0 Å². The molecule has 3 rings (SSSR count). The van der Waals surface area contributed by atoms with E-state index >= 15 is 0 Å². The third-order valence-electron chi connectivity index (χ3n) is 4.66. The standard InChI is InChI=1S/C16H24FN7/c1-3-22(4-2)12-7-8-23(10-12)14-6-5-11(9-13(14)17)24-16(19)20-15(18)21-24/h5-6,9,12H,3-4,7-8,10H2,1-2H3,(H4,18,19,20,21). The van der Waals surface area contributed by atoms with E-state index in [1.54, 1.807) is 12.1 Å². The molecule has 0 saturated carbocycles. The molecular weight excluding hydrogens is 309 g/mol. The predicted molar refractivity (Wildman–Crippen MR) is 93.7 cm³/mol. The summed E-state index contributed by atoms with van der Waals surface area (Å²) in [5, 5.41) is 3.98. The zero-order valence-electron chi connectivity index (χ0n) is 14.1. The van der Waals surface area contributed by atoms with Gasteiger partial charge in [0, 0.05) is 25.2 Å². The van der Waals surface area contributed by atoms with Crippen LogP contribution in [0.15, 0.2) is 18.2 Å². The van der Waals surface area contributed by atoms with E-state index in [2.05, 4.69) is 33.7 Å². The monoisotopic (exact) mass is 333 g/mol. The highest BCUT2D eigenvalue weighted by Crippen LogP contribution is 2.27. The summed E-state index contributed by atoms with van der Waals surface area (Å²) < 4.78 is 16.0. The van der Waals surface area contributed by atoms with Crippen molar-refractivity contribution in [2.24, 2.45) is 0 Å². The van der Waals surface area contributed by atoms with Gasteiger partial charge in [0.1, 0.15) is 5.82 Å². The molecule has 0 spiro atoms. The van der Waals surface area contributed by atoms with Gasteiger partial charge in [-0.15, -0.1) is 5.10 Å². The molecule has 1 aromatic carbocycles. The zero-order chi connectivity index (χ0) is 17.3. The van der Waals surface area contributed by atoms with Crippen LogP contribution in [0.2, 0.25) is 0 Å². The summed E-state index contributed by atoms with van der Waals surface area (Å²) in [6, 6.07) is 5.45. The Hall–Kier alpha value is -2.35. The maximum absolute atomic E-state index is 14.6. The van der Waals surface area contributed by atoms with Gasteiger partial charge in [-0.3, -0.25) is 4.90 Å². The highest BCUT2D eigenvalue weighted by atomic mass is 19.1. The molecule has 1 saturated heterocycles. The molecule has 24 heavy (non-hydrogen) atoms. The summed E-state index contributed by atoms with van der Waals surface area (Å²) in [4.78, 5) is 8.35. The zero-order valence-corrected chi connectivity index (χ0v) is 14.1. The molecule has 8 heteroatoms. The van der Waals surface area contributed by atoms with Gasteiger partial charge in [0.05, 0.1) is 11.4 Å². The minimum Gasteiger partial charge on any atom is -0.368 e. The highest BCUT2D eigenvalue weighted by molar-refractivity contribution is 5.54. The first kappa shape index (κ1) is 16.5. The first-order valence-corrected chi connectivity index (χ1v) is 8.30. The second kappa shape index (κ2) is 6.64. The minimum absolute atomic E-state index is 0.0681. The molecule has 2 heterocycles. The summed E-state index contributed by atoms with van der Waals surface area (Å²) in [7, 11) is 0. The smallest absolute Gasteiger partial charge is 0.241 e. The van der Waals surface area contributed by atoms with Crippen LogP contribution < -0.4 is 16.4 Å². The van der Waals surface area contributed by atoms with E-state index in [1.807, 2.05) is 0 Å². The Labute approximate surface area is 141 Å². The third-order valence-corrected chi connectivity index (χ3v) is 4.66. The van der Waals surface area contributed by atoms with E-state index in [0.29, 0.717) is 17.4 Å². The quantitative estimate of drug-likeness (QED) is 0.862. The third kappa shape index (κ3) is 3.01. The number of rotatable bonds is 5. The SMILES string of the molecule is CCN(CC)C1CCN(c2ccc(-n3nc(N)nc3N)cc2F)C1. The van der Waals surface area contributed by atoms with Crippen LogP contribution in [0.5, 0.6) is 0 Å². The molecule has 1 aliphatic heterocycles. The average molecular weight is 333 g/mol. The van der Waals surface area contributed by atoms with Crippen LogP contribution in [-0.2, 0) is 0 Å². The lowest BCUT2D eigenvalue weighted by Gasteiger charge is -2.26. The molecule has 1 aromatic heterocycles. The molecule has 2 aromatic rings. The summed E-state index contributed by atoms with van der Waals surface area (Å²) >= 11 is 0. The molecule has 7 nitrogen and oxygen atoms in total. The Morgan fingerprint density at radius 2 is 2.04 bits per heavy atom. The van der Waals surface area contributed by atoms with Gasteiger partial charge < -0.3 is 16.4 Å². The molecule has 1 unspecified atom stereocenters. The number of anilines is 3. The van der Waals surface area contributed by atoms with Crippen LogP contribution in [-0.4, -0.2) is 51.9 Å². The average Bonchev–Trinajstić information content (AvgIpc) is 3.15. The Morgan fingerprint density at radius 3 is 2.62 bits per heavy atom. The number of hydrogen-bond acceptors (Lipinski definition) is 6. The first-order chi connectivity index (χ1) is 11.5. The van der Waals surface area contributed by atoms with Crippen LogP contribution in [0.4, 0.5) is 22.0 Å². The Bertz CT molecular complexity index is 710. The van der Waals surface area contributed by atoms with Gasteiger partial charge in [0.2, 0.25) is 11.9 Å². The maximum atomic E-state index is 14.6. The molecule has 4 N–H and O–H groups in total. The maximum Gasteiger partial charge on any atom is 0.241 e. The van der Waals surface area contributed by atoms with Crippen LogP contribution in [0.25, 0.3) is 5.69 Å². The van der Waals surface area contributed by atoms with E-state index in [4.69, 9.17) is 11.5 Å². The number of nitrogen functional groups attached to an aromatic ring is 2. The van der Waals surface area contributed by atoms with Gasteiger partial charge in [0.15, 0.2) is 0 Å². The predicted octanol–water partition coefficient (Wildman–Crippen LogP) is 1.49. The fourth-order valence-corrected chi connectivity index (χ4v) is 3.41. The number of benzene rings is 1. The summed E-state index contributed by atoms with van der Waals surface area (Å²) in [6.07, 6.45) is 1.05. The summed E-state index contributed by atoms with van der Waals surface area (Å²) in [6.45, 7) is 8.06. The van der Waals surface area contributed by atoms with Crippen LogP contribution in [0, 0.1) is 5.82 Å². The normalized spacial score (nSPS) is 17.8. The lowest BCUT2D eigenvalue weighted by Crippen LogP contribution is -2.37. The number of likely N-dealkylation sites (N-methyl/N-ethyl adjacent to an activating group) is 1. The fourth-order valence-electron chi connectivity index (χ4n) is 3.41. The van der Waals surface area contributed by atoms with Gasteiger partial charge in [-0.1, -0.05) is 13.8 Å². The lowest BCUT2D eigenvalue weighted by atomic mass is 10.2. The highest BCUT2D eigenvalue weighted by Gasteiger charge is 2.27. The minimum atomic E-state index is -0.291. The van der Waals surface area contributed by atoms with Crippen molar-refractivity contribution >= 4 is 17.6 Å². The molecule has 1 atom stereocenters. The molecule has 0 bridgehead atoms. The van der Waals surface area contributed by atoms with Crippen molar-refractivity contribution in [3.05, 3.63) is 24.0 Å². The van der Waals surface area contributed by atoms with Crippen molar-refractivity contribution < 1.29 is 4.39 Å². The van der Waals surface area contributed by atoms with Crippen molar-refractivity contribution in [1.82, 2.24) is 19.7 Å². The molecule has 1 aliphatic rings. The van der Waals surface area contributed by atoms with E-state index in [-0.39, 0.29) is 17.7 Å². The van der Waals surface area contributed by atoms with Gasteiger partial charge >= 0.3 is 0 Å². The van der Waals surface area contributed by atoms with E-state index in [1.165, 1.54) is 10.7 Å². The Kier molecular flexibility index (Phi) is 4.57. The van der Waals surface area contributed by atoms with Crippen LogP contribution in [0.3, 0.4) is 0 Å². The van der Waals surface area contributed by atoms with E-state index in [0.717, 1.165) is 32.6 Å². The number of nitrogens with zero attached hydrogens (tertiary/aromatic N) is 5. The molecule has 0 amide bonds. The largest absolute Gasteiger partial charge is 0.368 e. The van der Waals surface area contributed by atoms with Crippen molar-refractivity contribution in [3.63, 3.8) is 0 Å². The van der Waals surface area contributed by atoms with Crippen molar-refractivity contribution in [1.29, 1.82) is 0 Å². The van der Waals surface area contributed by atoms with Gasteiger partial charge in [-0.2, -0.15) is 9.67 Å². The number of halogens is 1. The number of nitrogens with two attached hydrogens (primary N) is 2. The number of aromatic nitrogens is 3. The molecule has 0 aliphatic carbocycles. The van der Waals surface area contributed by atoms with Gasteiger partial charge in [-0.05, 0) is 31.6 Å². The van der Waals surface area contributed by atoms with Crippen molar-refractivity contribution in [3.8, 4) is 5.69 Å². The molecule has 1 fully saturated rings. The van der Waals surface area contributed by atoms with Crippen molar-refractivity contribution in [2.75, 3.05) is 42.5 Å². The first-order valence-electron chi connectivity index (χ1n) is 8.30.